The fraction of sp³-hybridized carbons (Fsp3) is 0.133. The Bertz CT molecular complexity index is 866. The number of benzene rings is 1. The van der Waals surface area contributed by atoms with E-state index in [0.29, 0.717) is 16.8 Å². The van der Waals surface area contributed by atoms with Crippen LogP contribution in [0, 0.1) is 5.82 Å². The largest absolute Gasteiger partial charge is 0.421 e. The molecule has 0 amide bonds. The third kappa shape index (κ3) is 2.60. The Labute approximate surface area is 118 Å². The molecule has 21 heavy (non-hydrogen) atoms. The van der Waals surface area contributed by atoms with Crippen LogP contribution in [0.2, 0.25) is 0 Å². The lowest BCUT2D eigenvalue weighted by molar-refractivity contribution is -0.119. The van der Waals surface area contributed by atoms with Crippen molar-refractivity contribution in [3.05, 3.63) is 64.5 Å². The molecule has 0 N–H and O–H groups in total. The molecule has 3 rings (SSSR count). The molecule has 1 aromatic carbocycles. The maximum atomic E-state index is 13.5. The third-order valence-corrected chi connectivity index (χ3v) is 3.10. The quantitative estimate of drug-likeness (QED) is 0.735. The molecule has 0 radical (unpaired) electrons. The highest BCUT2D eigenvalue weighted by atomic mass is 19.1. The average molecular weight is 286 g/mol. The van der Waals surface area contributed by atoms with E-state index in [0.717, 1.165) is 4.57 Å². The molecule has 6 heteroatoms. The Hall–Kier alpha value is -2.76. The van der Waals surface area contributed by atoms with Crippen molar-refractivity contribution in [3.63, 3.8) is 0 Å². The molecular weight excluding hydrogens is 275 g/mol. The summed E-state index contributed by atoms with van der Waals surface area (Å²) in [4.78, 5) is 27.8. The molecule has 0 spiro atoms. The van der Waals surface area contributed by atoms with Crippen molar-refractivity contribution >= 4 is 17.0 Å². The van der Waals surface area contributed by atoms with Gasteiger partial charge in [0.1, 0.15) is 5.82 Å². The Morgan fingerprint density at radius 2 is 2.05 bits per heavy atom. The van der Waals surface area contributed by atoms with Gasteiger partial charge in [0.15, 0.2) is 17.0 Å². The number of nitrogens with zero attached hydrogens (tertiary/aromatic N) is 2. The minimum absolute atomic E-state index is 0.0847. The van der Waals surface area contributed by atoms with Crippen LogP contribution in [0.15, 0.2) is 51.8 Å². The highest BCUT2D eigenvalue weighted by molar-refractivity contribution is 5.82. The van der Waals surface area contributed by atoms with Gasteiger partial charge < -0.3 is 4.42 Å². The Kier molecular flexibility index (Phi) is 3.35. The number of Topliss-reactive ketones (excluding diaryl/α,β-unsaturated/α-hetero) is 1. The summed E-state index contributed by atoms with van der Waals surface area (Å²) in [5.41, 5.74) is 0.932. The first kappa shape index (κ1) is 13.2. The second-order valence-corrected chi connectivity index (χ2v) is 4.59. The summed E-state index contributed by atoms with van der Waals surface area (Å²) in [6, 6.07) is 9.29. The highest BCUT2D eigenvalue weighted by Gasteiger charge is 2.14. The van der Waals surface area contributed by atoms with E-state index in [1.807, 2.05) is 0 Å². The van der Waals surface area contributed by atoms with Gasteiger partial charge in [-0.2, -0.15) is 0 Å². The van der Waals surface area contributed by atoms with Gasteiger partial charge in [-0.1, -0.05) is 18.2 Å². The van der Waals surface area contributed by atoms with Crippen LogP contribution in [0.3, 0.4) is 0 Å². The number of carbonyl (C=O) groups excluding carboxylic acids is 1. The summed E-state index contributed by atoms with van der Waals surface area (Å²) in [6.45, 7) is -0.197. The van der Waals surface area contributed by atoms with E-state index in [-0.39, 0.29) is 18.7 Å². The van der Waals surface area contributed by atoms with Gasteiger partial charge in [0.25, 0.3) is 0 Å². The fourth-order valence-corrected chi connectivity index (χ4v) is 2.13. The van der Waals surface area contributed by atoms with Crippen molar-refractivity contribution < 1.29 is 13.6 Å². The SMILES string of the molecule is O=C(Cc1ccccc1F)Cn1c(=O)oc2cccnc21. The molecule has 2 heterocycles. The third-order valence-electron chi connectivity index (χ3n) is 3.10. The maximum absolute atomic E-state index is 13.5. The first-order chi connectivity index (χ1) is 10.1. The molecule has 0 saturated carbocycles. The molecule has 3 aromatic rings. The lowest BCUT2D eigenvalue weighted by atomic mass is 10.1. The zero-order valence-electron chi connectivity index (χ0n) is 11.0. The summed E-state index contributed by atoms with van der Waals surface area (Å²) in [5.74, 6) is -1.38. The van der Waals surface area contributed by atoms with Crippen molar-refractivity contribution in [2.24, 2.45) is 0 Å². The summed E-state index contributed by atoms with van der Waals surface area (Å²) in [6.07, 6.45) is 1.42. The van der Waals surface area contributed by atoms with E-state index in [4.69, 9.17) is 4.42 Å². The van der Waals surface area contributed by atoms with Crippen LogP contribution in [0.25, 0.3) is 11.2 Å². The number of oxazole rings is 1. The lowest BCUT2D eigenvalue weighted by Crippen LogP contribution is -2.21. The van der Waals surface area contributed by atoms with Gasteiger partial charge in [-0.25, -0.2) is 14.2 Å². The Morgan fingerprint density at radius 3 is 2.86 bits per heavy atom. The van der Waals surface area contributed by atoms with E-state index in [1.165, 1.54) is 12.3 Å². The first-order valence-electron chi connectivity index (χ1n) is 6.34. The van der Waals surface area contributed by atoms with Crippen molar-refractivity contribution in [1.82, 2.24) is 9.55 Å². The molecule has 0 aliphatic rings. The standard InChI is InChI=1S/C15H11FN2O3/c16-12-5-2-1-4-10(12)8-11(19)9-18-14-13(21-15(18)20)6-3-7-17-14/h1-7H,8-9H2. The van der Waals surface area contributed by atoms with Crippen molar-refractivity contribution in [2.45, 2.75) is 13.0 Å². The molecule has 0 bridgehead atoms. The zero-order valence-corrected chi connectivity index (χ0v) is 11.0. The fourth-order valence-electron chi connectivity index (χ4n) is 2.13. The maximum Gasteiger partial charge on any atom is 0.421 e. The summed E-state index contributed by atoms with van der Waals surface area (Å²) in [7, 11) is 0. The number of fused-ring (bicyclic) bond motifs is 1. The Balaban J connectivity index is 1.86. The Morgan fingerprint density at radius 1 is 1.24 bits per heavy atom. The van der Waals surface area contributed by atoms with E-state index in [9.17, 15) is 14.0 Å². The monoisotopic (exact) mass is 286 g/mol. The van der Waals surface area contributed by atoms with Crippen LogP contribution in [0.5, 0.6) is 0 Å². The molecule has 5 nitrogen and oxygen atoms in total. The van der Waals surface area contributed by atoms with Gasteiger partial charge in [0.2, 0.25) is 0 Å². The first-order valence-corrected chi connectivity index (χ1v) is 6.34. The number of ketones is 1. The molecule has 0 fully saturated rings. The normalized spacial score (nSPS) is 10.9. The number of aromatic nitrogens is 2. The predicted molar refractivity (Wildman–Crippen MR) is 73.4 cm³/mol. The second kappa shape index (κ2) is 5.32. The highest BCUT2D eigenvalue weighted by Crippen LogP contribution is 2.11. The topological polar surface area (TPSA) is 65.1 Å². The van der Waals surface area contributed by atoms with Crippen LogP contribution in [-0.2, 0) is 17.8 Å². The number of halogens is 1. The molecule has 2 aromatic heterocycles. The predicted octanol–water partition coefficient (Wildman–Crippen LogP) is 1.94. The summed E-state index contributed by atoms with van der Waals surface area (Å²) in [5, 5.41) is 0. The van der Waals surface area contributed by atoms with E-state index in [1.54, 1.807) is 30.3 Å². The molecule has 0 saturated heterocycles. The zero-order chi connectivity index (χ0) is 14.8. The van der Waals surface area contributed by atoms with Crippen LogP contribution in [-0.4, -0.2) is 15.3 Å². The number of rotatable bonds is 4. The average Bonchev–Trinajstić information content (AvgIpc) is 2.78. The molecular formula is C15H11FN2O3. The van der Waals surface area contributed by atoms with Gasteiger partial charge in [-0.3, -0.25) is 9.36 Å². The van der Waals surface area contributed by atoms with E-state index < -0.39 is 11.6 Å². The number of hydrogen-bond donors (Lipinski definition) is 0. The van der Waals surface area contributed by atoms with E-state index >= 15 is 0 Å². The van der Waals surface area contributed by atoms with Gasteiger partial charge >= 0.3 is 5.76 Å². The van der Waals surface area contributed by atoms with Crippen LogP contribution < -0.4 is 5.76 Å². The van der Waals surface area contributed by atoms with Crippen LogP contribution in [0.4, 0.5) is 4.39 Å². The smallest absolute Gasteiger partial charge is 0.406 e. The summed E-state index contributed by atoms with van der Waals surface area (Å²) < 4.78 is 19.7. The van der Waals surface area contributed by atoms with Gasteiger partial charge in [0.05, 0.1) is 6.54 Å². The van der Waals surface area contributed by atoms with Crippen LogP contribution in [0.1, 0.15) is 5.56 Å². The lowest BCUT2D eigenvalue weighted by Gasteiger charge is -2.03. The minimum Gasteiger partial charge on any atom is -0.406 e. The molecule has 0 aliphatic heterocycles. The van der Waals surface area contributed by atoms with Gasteiger partial charge in [-0.05, 0) is 23.8 Å². The second-order valence-electron chi connectivity index (χ2n) is 4.59. The summed E-state index contributed by atoms with van der Waals surface area (Å²) >= 11 is 0. The van der Waals surface area contributed by atoms with Gasteiger partial charge in [0, 0.05) is 12.6 Å². The number of pyridine rings is 1. The molecule has 0 atom stereocenters. The van der Waals surface area contributed by atoms with Crippen molar-refractivity contribution in [2.75, 3.05) is 0 Å². The van der Waals surface area contributed by atoms with E-state index in [2.05, 4.69) is 4.98 Å². The number of carbonyl (C=O) groups is 1. The van der Waals surface area contributed by atoms with Crippen LogP contribution >= 0.6 is 0 Å². The molecule has 106 valence electrons. The number of hydrogen-bond acceptors (Lipinski definition) is 4. The molecule has 0 unspecified atom stereocenters. The van der Waals surface area contributed by atoms with Crippen molar-refractivity contribution in [1.29, 1.82) is 0 Å². The van der Waals surface area contributed by atoms with Crippen molar-refractivity contribution in [3.8, 4) is 0 Å². The minimum atomic E-state index is -0.648. The van der Waals surface area contributed by atoms with Gasteiger partial charge in [-0.15, -0.1) is 0 Å². The molecule has 0 aliphatic carbocycles.